The molecule has 1 heterocycles. The standard InChI is InChI=1S/C17H15F2N3O3/c1-22(2)6-5-20-12-8-13(23)14-16(15(12)24)25-17(21-14)10-4-3-9(18)7-11(10)19/h3-4,7-8,20H,5-6H2,1-2H3. The van der Waals surface area contributed by atoms with Crippen molar-refractivity contribution in [1.82, 2.24) is 15.2 Å². The van der Waals surface area contributed by atoms with Crippen LogP contribution in [0.4, 0.5) is 8.78 Å². The number of oxazole rings is 1. The van der Waals surface area contributed by atoms with Crippen LogP contribution in [0.5, 0.6) is 0 Å². The van der Waals surface area contributed by atoms with Crippen molar-refractivity contribution in [3.63, 3.8) is 0 Å². The van der Waals surface area contributed by atoms with Gasteiger partial charge >= 0.3 is 0 Å². The summed E-state index contributed by atoms with van der Waals surface area (Å²) in [4.78, 5) is 30.4. The van der Waals surface area contributed by atoms with Gasteiger partial charge in [-0.05, 0) is 26.2 Å². The molecule has 3 rings (SSSR count). The number of nitrogens with zero attached hydrogens (tertiary/aromatic N) is 2. The first kappa shape index (κ1) is 17.0. The second kappa shape index (κ2) is 6.56. The fraction of sp³-hybridized carbons (Fsp3) is 0.235. The maximum atomic E-state index is 13.9. The Morgan fingerprint density at radius 3 is 2.68 bits per heavy atom. The summed E-state index contributed by atoms with van der Waals surface area (Å²) in [6.07, 6.45) is 1.15. The summed E-state index contributed by atoms with van der Waals surface area (Å²) in [6, 6.07) is 2.85. The molecule has 2 aromatic rings. The lowest BCUT2D eigenvalue weighted by atomic mass is 10.0. The van der Waals surface area contributed by atoms with Crippen molar-refractivity contribution in [2.24, 2.45) is 0 Å². The van der Waals surface area contributed by atoms with E-state index in [0.29, 0.717) is 19.2 Å². The second-order valence-corrected chi connectivity index (χ2v) is 5.80. The van der Waals surface area contributed by atoms with Gasteiger partial charge in [-0.15, -0.1) is 0 Å². The molecule has 1 aliphatic carbocycles. The molecule has 0 saturated carbocycles. The molecule has 0 spiro atoms. The average Bonchev–Trinajstić information content (AvgIpc) is 2.97. The zero-order valence-electron chi connectivity index (χ0n) is 13.6. The molecule has 0 fully saturated rings. The SMILES string of the molecule is CN(C)CCNC1=CC(=O)c2nc(-c3ccc(F)cc3F)oc2C1=O. The van der Waals surface area contributed by atoms with E-state index >= 15 is 0 Å². The number of Topliss-reactive ketones (excluding diaryl/α,β-unsaturated/α-hetero) is 1. The smallest absolute Gasteiger partial charge is 0.246 e. The van der Waals surface area contributed by atoms with Crippen LogP contribution in [0.2, 0.25) is 0 Å². The van der Waals surface area contributed by atoms with E-state index in [0.717, 1.165) is 18.2 Å². The van der Waals surface area contributed by atoms with Crippen molar-refractivity contribution in [1.29, 1.82) is 0 Å². The predicted molar refractivity (Wildman–Crippen MR) is 85.2 cm³/mol. The Morgan fingerprint density at radius 1 is 1.24 bits per heavy atom. The molecule has 8 heteroatoms. The van der Waals surface area contributed by atoms with Crippen LogP contribution in [-0.2, 0) is 0 Å². The van der Waals surface area contributed by atoms with E-state index in [-0.39, 0.29) is 28.6 Å². The number of carbonyl (C=O) groups excluding carboxylic acids is 2. The normalized spacial score (nSPS) is 13.9. The summed E-state index contributed by atoms with van der Waals surface area (Å²) in [5, 5.41) is 2.88. The number of nitrogens with one attached hydrogen (secondary N) is 1. The van der Waals surface area contributed by atoms with Gasteiger partial charge in [-0.2, -0.15) is 0 Å². The first-order chi connectivity index (χ1) is 11.9. The van der Waals surface area contributed by atoms with Crippen molar-refractivity contribution in [3.05, 3.63) is 53.1 Å². The van der Waals surface area contributed by atoms with Gasteiger partial charge in [0.15, 0.2) is 5.69 Å². The number of ketones is 2. The zero-order chi connectivity index (χ0) is 18.1. The minimum atomic E-state index is -0.893. The highest BCUT2D eigenvalue weighted by atomic mass is 19.1. The van der Waals surface area contributed by atoms with Crippen molar-refractivity contribution >= 4 is 11.6 Å². The van der Waals surface area contributed by atoms with Crippen molar-refractivity contribution in [2.75, 3.05) is 27.2 Å². The second-order valence-electron chi connectivity index (χ2n) is 5.80. The third kappa shape index (κ3) is 3.34. The molecule has 0 radical (unpaired) electrons. The number of carbonyl (C=O) groups is 2. The maximum absolute atomic E-state index is 13.9. The van der Waals surface area contributed by atoms with Crippen LogP contribution in [0.1, 0.15) is 21.0 Å². The number of hydrogen-bond donors (Lipinski definition) is 1. The molecule has 130 valence electrons. The molecule has 0 atom stereocenters. The quantitative estimate of drug-likeness (QED) is 0.892. The molecule has 0 saturated heterocycles. The molecular weight excluding hydrogens is 332 g/mol. The molecule has 0 unspecified atom stereocenters. The van der Waals surface area contributed by atoms with Gasteiger partial charge in [0.05, 0.1) is 11.3 Å². The van der Waals surface area contributed by atoms with Gasteiger partial charge < -0.3 is 14.6 Å². The minimum Gasteiger partial charge on any atom is -0.432 e. The van der Waals surface area contributed by atoms with Gasteiger partial charge in [-0.3, -0.25) is 9.59 Å². The molecule has 25 heavy (non-hydrogen) atoms. The molecule has 0 amide bonds. The van der Waals surface area contributed by atoms with E-state index in [1.807, 2.05) is 19.0 Å². The first-order valence-corrected chi connectivity index (χ1v) is 7.52. The van der Waals surface area contributed by atoms with Crippen LogP contribution in [0.25, 0.3) is 11.5 Å². The highest BCUT2D eigenvalue weighted by molar-refractivity contribution is 6.22. The van der Waals surface area contributed by atoms with E-state index in [1.165, 1.54) is 0 Å². The Hall–Kier alpha value is -2.87. The van der Waals surface area contributed by atoms with Crippen molar-refractivity contribution in [3.8, 4) is 11.5 Å². The van der Waals surface area contributed by atoms with E-state index in [9.17, 15) is 18.4 Å². The zero-order valence-corrected chi connectivity index (χ0v) is 13.6. The lowest BCUT2D eigenvalue weighted by molar-refractivity contribution is 0.0956. The molecule has 1 aliphatic rings. The summed E-state index contributed by atoms with van der Waals surface area (Å²) < 4.78 is 32.2. The number of likely N-dealkylation sites (N-methyl/N-ethyl adjacent to an activating group) is 1. The summed E-state index contributed by atoms with van der Waals surface area (Å²) in [7, 11) is 3.75. The van der Waals surface area contributed by atoms with Crippen LogP contribution in [0.3, 0.4) is 0 Å². The third-order valence-corrected chi connectivity index (χ3v) is 3.62. The van der Waals surface area contributed by atoms with Crippen LogP contribution in [-0.4, -0.2) is 48.6 Å². The molecule has 1 aromatic carbocycles. The number of fused-ring (bicyclic) bond motifs is 1. The Bertz CT molecular complexity index is 887. The summed E-state index contributed by atoms with van der Waals surface area (Å²) in [5.74, 6) is -3.19. The molecule has 0 aliphatic heterocycles. The van der Waals surface area contributed by atoms with Crippen LogP contribution in [0.15, 0.2) is 34.4 Å². The highest BCUT2D eigenvalue weighted by Gasteiger charge is 2.32. The van der Waals surface area contributed by atoms with Gasteiger partial charge in [-0.1, -0.05) is 0 Å². The Kier molecular flexibility index (Phi) is 4.45. The summed E-state index contributed by atoms with van der Waals surface area (Å²) in [5.41, 5.74) is -0.206. The van der Waals surface area contributed by atoms with Gasteiger partial charge in [-0.25, -0.2) is 13.8 Å². The van der Waals surface area contributed by atoms with Crippen LogP contribution < -0.4 is 5.32 Å². The Balaban J connectivity index is 1.89. The number of halogens is 2. The molecular formula is C17H15F2N3O3. The van der Waals surface area contributed by atoms with Gasteiger partial charge in [0.2, 0.25) is 23.2 Å². The van der Waals surface area contributed by atoms with E-state index < -0.39 is 23.2 Å². The Labute approximate surface area is 142 Å². The lowest BCUT2D eigenvalue weighted by Crippen LogP contribution is -2.31. The lowest BCUT2D eigenvalue weighted by Gasteiger charge is -2.14. The van der Waals surface area contributed by atoms with Gasteiger partial charge in [0.25, 0.3) is 0 Å². The molecule has 1 aromatic heterocycles. The highest BCUT2D eigenvalue weighted by Crippen LogP contribution is 2.28. The fourth-order valence-electron chi connectivity index (χ4n) is 2.35. The van der Waals surface area contributed by atoms with Gasteiger partial charge in [0, 0.05) is 25.2 Å². The number of allylic oxidation sites excluding steroid dienone is 2. The average molecular weight is 347 g/mol. The first-order valence-electron chi connectivity index (χ1n) is 7.52. The predicted octanol–water partition coefficient (Wildman–Crippen LogP) is 2.03. The largest absolute Gasteiger partial charge is 0.432 e. The number of hydrogen-bond acceptors (Lipinski definition) is 6. The summed E-state index contributed by atoms with van der Waals surface area (Å²) >= 11 is 0. The number of rotatable bonds is 5. The molecule has 6 nitrogen and oxygen atoms in total. The molecule has 0 bridgehead atoms. The maximum Gasteiger partial charge on any atom is 0.246 e. The van der Waals surface area contributed by atoms with E-state index in [4.69, 9.17) is 4.42 Å². The minimum absolute atomic E-state index is 0.0987. The van der Waals surface area contributed by atoms with E-state index in [1.54, 1.807) is 0 Å². The summed E-state index contributed by atoms with van der Waals surface area (Å²) in [6.45, 7) is 1.12. The van der Waals surface area contributed by atoms with E-state index in [2.05, 4.69) is 10.3 Å². The Morgan fingerprint density at radius 2 is 2.00 bits per heavy atom. The van der Waals surface area contributed by atoms with Crippen molar-refractivity contribution < 1.29 is 22.8 Å². The number of benzene rings is 1. The van der Waals surface area contributed by atoms with Gasteiger partial charge in [0.1, 0.15) is 11.6 Å². The van der Waals surface area contributed by atoms with Crippen LogP contribution in [0, 0.1) is 11.6 Å². The third-order valence-electron chi connectivity index (χ3n) is 3.62. The molecule has 1 N–H and O–H groups in total. The topological polar surface area (TPSA) is 75.4 Å². The monoisotopic (exact) mass is 347 g/mol. The number of aromatic nitrogens is 1. The van der Waals surface area contributed by atoms with Crippen LogP contribution >= 0.6 is 0 Å². The van der Waals surface area contributed by atoms with Crippen molar-refractivity contribution in [2.45, 2.75) is 0 Å². The fourth-order valence-corrected chi connectivity index (χ4v) is 2.35.